The SMILES string of the molecule is CC(=O)C=C(OCCCC(N(C)C)C1(c2ccc(Cl)cc2)CCC1)C(=O)N1CCOCC1. The number of halogens is 1. The van der Waals surface area contributed by atoms with Gasteiger partial charge in [-0.15, -0.1) is 0 Å². The summed E-state index contributed by atoms with van der Waals surface area (Å²) in [5, 5.41) is 0.757. The van der Waals surface area contributed by atoms with Crippen molar-refractivity contribution in [3.63, 3.8) is 0 Å². The van der Waals surface area contributed by atoms with Gasteiger partial charge in [0, 0.05) is 35.6 Å². The fourth-order valence-corrected chi connectivity index (χ4v) is 5.04. The van der Waals surface area contributed by atoms with Gasteiger partial charge in [-0.1, -0.05) is 30.2 Å². The number of morpholine rings is 1. The van der Waals surface area contributed by atoms with Crippen molar-refractivity contribution in [2.45, 2.75) is 50.5 Å². The molecule has 1 aromatic rings. The molecule has 1 aromatic carbocycles. The number of carbonyl (C=O) groups is 2. The molecule has 1 unspecified atom stereocenters. The molecule has 1 atom stereocenters. The van der Waals surface area contributed by atoms with Crippen LogP contribution in [0.25, 0.3) is 0 Å². The van der Waals surface area contributed by atoms with Crippen molar-refractivity contribution in [2.24, 2.45) is 0 Å². The molecule has 1 amide bonds. The topological polar surface area (TPSA) is 59.1 Å². The lowest BCUT2D eigenvalue weighted by molar-refractivity contribution is -0.135. The van der Waals surface area contributed by atoms with Crippen LogP contribution in [-0.4, -0.2) is 74.5 Å². The lowest BCUT2D eigenvalue weighted by atomic mass is 9.59. The molecule has 1 aliphatic heterocycles. The smallest absolute Gasteiger partial charge is 0.289 e. The molecular formula is C25H35ClN2O4. The summed E-state index contributed by atoms with van der Waals surface area (Å²) in [7, 11) is 4.26. The Kier molecular flexibility index (Phi) is 8.74. The highest BCUT2D eigenvalue weighted by molar-refractivity contribution is 6.30. The molecule has 0 bridgehead atoms. The first kappa shape index (κ1) is 24.7. The predicted molar refractivity (Wildman–Crippen MR) is 126 cm³/mol. The average molecular weight is 463 g/mol. The van der Waals surface area contributed by atoms with Crippen LogP contribution in [0.3, 0.4) is 0 Å². The van der Waals surface area contributed by atoms with Gasteiger partial charge >= 0.3 is 0 Å². The maximum atomic E-state index is 12.8. The van der Waals surface area contributed by atoms with Gasteiger partial charge in [0.05, 0.1) is 19.8 Å². The van der Waals surface area contributed by atoms with Gasteiger partial charge in [-0.2, -0.15) is 0 Å². The number of carbonyl (C=O) groups excluding carboxylic acids is 2. The van der Waals surface area contributed by atoms with Crippen LogP contribution in [0.4, 0.5) is 0 Å². The largest absolute Gasteiger partial charge is 0.488 e. The molecule has 2 fully saturated rings. The number of hydrogen-bond donors (Lipinski definition) is 0. The van der Waals surface area contributed by atoms with Gasteiger partial charge in [-0.05, 0) is 64.4 Å². The summed E-state index contributed by atoms with van der Waals surface area (Å²) in [6, 6.07) is 8.62. The highest BCUT2D eigenvalue weighted by Crippen LogP contribution is 2.49. The fourth-order valence-electron chi connectivity index (χ4n) is 4.91. The minimum Gasteiger partial charge on any atom is -0.488 e. The zero-order valence-corrected chi connectivity index (χ0v) is 20.2. The number of ketones is 1. The van der Waals surface area contributed by atoms with Crippen molar-refractivity contribution in [3.05, 3.63) is 46.7 Å². The average Bonchev–Trinajstić information content (AvgIpc) is 2.74. The molecule has 0 radical (unpaired) electrons. The van der Waals surface area contributed by atoms with Crippen LogP contribution in [0.5, 0.6) is 0 Å². The second-order valence-corrected chi connectivity index (χ2v) is 9.45. The van der Waals surface area contributed by atoms with E-state index in [9.17, 15) is 9.59 Å². The Morgan fingerprint density at radius 1 is 1.22 bits per heavy atom. The van der Waals surface area contributed by atoms with Crippen LogP contribution in [0, 0.1) is 0 Å². The number of nitrogens with zero attached hydrogens (tertiary/aromatic N) is 2. The van der Waals surface area contributed by atoms with E-state index in [0.29, 0.717) is 39.0 Å². The summed E-state index contributed by atoms with van der Waals surface area (Å²) in [5.41, 5.74) is 1.46. The number of amides is 1. The maximum absolute atomic E-state index is 12.8. The minimum absolute atomic E-state index is 0.121. The summed E-state index contributed by atoms with van der Waals surface area (Å²) < 4.78 is 11.2. The van der Waals surface area contributed by atoms with Crippen LogP contribution in [0.15, 0.2) is 36.1 Å². The van der Waals surface area contributed by atoms with Crippen molar-refractivity contribution in [2.75, 3.05) is 47.0 Å². The van der Waals surface area contributed by atoms with Gasteiger partial charge in [0.2, 0.25) is 0 Å². The summed E-state index contributed by atoms with van der Waals surface area (Å²) in [5.74, 6) is -0.287. The molecule has 6 nitrogen and oxygen atoms in total. The molecule has 0 N–H and O–H groups in total. The fraction of sp³-hybridized carbons (Fsp3) is 0.600. The summed E-state index contributed by atoms with van der Waals surface area (Å²) in [6.07, 6.45) is 6.58. The monoisotopic (exact) mass is 462 g/mol. The van der Waals surface area contributed by atoms with Crippen LogP contribution < -0.4 is 0 Å². The normalized spacial score (nSPS) is 19.4. The molecule has 1 saturated heterocycles. The second-order valence-electron chi connectivity index (χ2n) is 9.01. The number of likely N-dealkylation sites (N-methyl/N-ethyl adjacent to an activating group) is 1. The molecule has 1 aliphatic carbocycles. The lowest BCUT2D eigenvalue weighted by Crippen LogP contribution is -2.52. The molecule has 1 heterocycles. The van der Waals surface area contributed by atoms with Crippen molar-refractivity contribution in [1.29, 1.82) is 0 Å². The number of rotatable bonds is 10. The zero-order chi connectivity index (χ0) is 23.1. The van der Waals surface area contributed by atoms with E-state index in [0.717, 1.165) is 30.7 Å². The van der Waals surface area contributed by atoms with Crippen molar-refractivity contribution >= 4 is 23.3 Å². The zero-order valence-electron chi connectivity index (χ0n) is 19.4. The molecular weight excluding hydrogens is 428 g/mol. The van der Waals surface area contributed by atoms with Gasteiger partial charge in [-0.3, -0.25) is 9.59 Å². The van der Waals surface area contributed by atoms with Gasteiger partial charge < -0.3 is 19.3 Å². The molecule has 0 spiro atoms. The predicted octanol–water partition coefficient (Wildman–Crippen LogP) is 3.82. The highest BCUT2D eigenvalue weighted by Gasteiger charge is 2.46. The third-order valence-electron chi connectivity index (χ3n) is 6.65. The highest BCUT2D eigenvalue weighted by atomic mass is 35.5. The Morgan fingerprint density at radius 3 is 2.41 bits per heavy atom. The van der Waals surface area contributed by atoms with Crippen LogP contribution >= 0.6 is 11.6 Å². The van der Waals surface area contributed by atoms with E-state index in [4.69, 9.17) is 21.1 Å². The van der Waals surface area contributed by atoms with Crippen LogP contribution in [0.1, 0.15) is 44.6 Å². The molecule has 1 saturated carbocycles. The van der Waals surface area contributed by atoms with Crippen molar-refractivity contribution in [3.8, 4) is 0 Å². The van der Waals surface area contributed by atoms with Gasteiger partial charge in [-0.25, -0.2) is 0 Å². The van der Waals surface area contributed by atoms with E-state index in [-0.39, 0.29) is 22.9 Å². The molecule has 7 heteroatoms. The minimum atomic E-state index is -0.232. The standard InChI is InChI=1S/C25H35ClN2O4/c1-19(29)18-22(24(30)28-13-16-31-17-14-28)32-15-4-6-23(27(2)3)25(11-5-12-25)20-7-9-21(26)10-8-20/h7-10,18,23H,4-6,11-17H2,1-3H3. The quantitative estimate of drug-likeness (QED) is 0.300. The van der Waals surface area contributed by atoms with E-state index in [1.807, 2.05) is 12.1 Å². The molecule has 176 valence electrons. The Hall–Kier alpha value is -1.89. The number of allylic oxidation sites excluding steroid dienone is 1. The Labute approximate surface area is 196 Å². The summed E-state index contributed by atoms with van der Waals surface area (Å²) >= 11 is 6.12. The number of ether oxygens (including phenoxy) is 2. The molecule has 3 rings (SSSR count). The van der Waals surface area contributed by atoms with E-state index in [1.165, 1.54) is 25.0 Å². The second kappa shape index (κ2) is 11.3. The number of hydrogen-bond acceptors (Lipinski definition) is 5. The van der Waals surface area contributed by atoms with Crippen molar-refractivity contribution in [1.82, 2.24) is 9.80 Å². The molecule has 0 aromatic heterocycles. The first-order valence-corrected chi connectivity index (χ1v) is 11.9. The number of benzene rings is 1. The summed E-state index contributed by atoms with van der Waals surface area (Å²) in [6.45, 7) is 3.89. The van der Waals surface area contributed by atoms with Crippen LogP contribution in [-0.2, 0) is 24.5 Å². The third-order valence-corrected chi connectivity index (χ3v) is 6.90. The Balaban J connectivity index is 1.62. The first-order valence-electron chi connectivity index (χ1n) is 11.5. The van der Waals surface area contributed by atoms with Crippen LogP contribution in [0.2, 0.25) is 5.02 Å². The van der Waals surface area contributed by atoms with E-state index < -0.39 is 0 Å². The Bertz CT molecular complexity index is 812. The Morgan fingerprint density at radius 2 is 1.88 bits per heavy atom. The summed E-state index contributed by atoms with van der Waals surface area (Å²) in [4.78, 5) is 28.5. The molecule has 32 heavy (non-hydrogen) atoms. The third kappa shape index (κ3) is 5.91. The van der Waals surface area contributed by atoms with E-state index >= 15 is 0 Å². The molecule has 2 aliphatic rings. The van der Waals surface area contributed by atoms with E-state index in [2.05, 4.69) is 31.1 Å². The van der Waals surface area contributed by atoms with Gasteiger partial charge in [0.25, 0.3) is 5.91 Å². The van der Waals surface area contributed by atoms with Gasteiger partial charge in [0.15, 0.2) is 11.5 Å². The van der Waals surface area contributed by atoms with Crippen molar-refractivity contribution < 1.29 is 19.1 Å². The van der Waals surface area contributed by atoms with Gasteiger partial charge in [0.1, 0.15) is 0 Å². The first-order chi connectivity index (χ1) is 15.3. The lowest BCUT2D eigenvalue weighted by Gasteiger charge is -2.51. The maximum Gasteiger partial charge on any atom is 0.289 e. The van der Waals surface area contributed by atoms with E-state index in [1.54, 1.807) is 4.90 Å².